The highest BCUT2D eigenvalue weighted by Gasteiger charge is 2.19. The van der Waals surface area contributed by atoms with Crippen LogP contribution in [0.2, 0.25) is 0 Å². The first-order valence-corrected chi connectivity index (χ1v) is 7.48. The molecule has 1 aromatic carbocycles. The van der Waals surface area contributed by atoms with Gasteiger partial charge in [0.1, 0.15) is 0 Å². The number of carbonyl (C=O) groups is 2. The van der Waals surface area contributed by atoms with E-state index in [4.69, 9.17) is 4.74 Å². The predicted octanol–water partition coefficient (Wildman–Crippen LogP) is 0.450. The molecule has 1 saturated heterocycles. The van der Waals surface area contributed by atoms with Gasteiger partial charge >= 0.3 is 0 Å². The standard InChI is InChI=1S/C16H23N3O3/c1-18(2)7-6-17-15(20)13-4-3-5-14(12-13)16(21)19-8-10-22-11-9-19/h3-5,12H,6-11H2,1-2H3,(H,17,20). The van der Waals surface area contributed by atoms with Gasteiger partial charge in [-0.25, -0.2) is 0 Å². The Morgan fingerprint density at radius 1 is 1.23 bits per heavy atom. The number of rotatable bonds is 5. The molecular formula is C16H23N3O3. The Morgan fingerprint density at radius 3 is 2.59 bits per heavy atom. The Bertz CT molecular complexity index is 525. The summed E-state index contributed by atoms with van der Waals surface area (Å²) in [6.07, 6.45) is 0. The molecule has 6 heteroatoms. The molecule has 6 nitrogen and oxygen atoms in total. The Morgan fingerprint density at radius 2 is 1.91 bits per heavy atom. The van der Waals surface area contributed by atoms with Gasteiger partial charge in [-0.2, -0.15) is 0 Å². The second-order valence-corrected chi connectivity index (χ2v) is 5.54. The number of benzene rings is 1. The van der Waals surface area contributed by atoms with Crippen LogP contribution in [0.15, 0.2) is 24.3 Å². The maximum absolute atomic E-state index is 12.4. The van der Waals surface area contributed by atoms with Gasteiger partial charge in [0, 0.05) is 37.3 Å². The van der Waals surface area contributed by atoms with Crippen LogP contribution in [0.3, 0.4) is 0 Å². The van der Waals surface area contributed by atoms with E-state index in [9.17, 15) is 9.59 Å². The molecule has 0 radical (unpaired) electrons. The highest BCUT2D eigenvalue weighted by molar-refractivity contribution is 5.99. The summed E-state index contributed by atoms with van der Waals surface area (Å²) in [6, 6.07) is 6.87. The normalized spacial score (nSPS) is 15.0. The van der Waals surface area contributed by atoms with Crippen molar-refractivity contribution < 1.29 is 14.3 Å². The maximum atomic E-state index is 12.4. The van der Waals surface area contributed by atoms with Crippen LogP contribution in [0.4, 0.5) is 0 Å². The fourth-order valence-corrected chi connectivity index (χ4v) is 2.24. The lowest BCUT2D eigenvalue weighted by Gasteiger charge is -2.27. The number of ether oxygens (including phenoxy) is 1. The van der Waals surface area contributed by atoms with Crippen LogP contribution in [0, 0.1) is 0 Å². The molecule has 1 fully saturated rings. The van der Waals surface area contributed by atoms with Crippen LogP contribution in [-0.4, -0.2) is 75.1 Å². The largest absolute Gasteiger partial charge is 0.378 e. The summed E-state index contributed by atoms with van der Waals surface area (Å²) in [5, 5.41) is 2.85. The van der Waals surface area contributed by atoms with Crippen molar-refractivity contribution in [2.24, 2.45) is 0 Å². The fraction of sp³-hybridized carbons (Fsp3) is 0.500. The third-order valence-electron chi connectivity index (χ3n) is 3.51. The number of nitrogens with one attached hydrogen (secondary N) is 1. The molecule has 1 aliphatic rings. The van der Waals surface area contributed by atoms with Gasteiger partial charge in [0.15, 0.2) is 0 Å². The molecule has 1 N–H and O–H groups in total. The molecule has 1 aromatic rings. The zero-order chi connectivity index (χ0) is 15.9. The van der Waals surface area contributed by atoms with Crippen molar-refractivity contribution in [1.29, 1.82) is 0 Å². The zero-order valence-electron chi connectivity index (χ0n) is 13.2. The van der Waals surface area contributed by atoms with Gasteiger partial charge in [-0.15, -0.1) is 0 Å². The van der Waals surface area contributed by atoms with Crippen molar-refractivity contribution in [3.05, 3.63) is 35.4 Å². The molecule has 0 bridgehead atoms. The molecular weight excluding hydrogens is 282 g/mol. The van der Waals surface area contributed by atoms with Gasteiger partial charge in [0.05, 0.1) is 13.2 Å². The number of likely N-dealkylation sites (N-methyl/N-ethyl adjacent to an activating group) is 1. The van der Waals surface area contributed by atoms with Crippen LogP contribution in [0.1, 0.15) is 20.7 Å². The van der Waals surface area contributed by atoms with Crippen LogP contribution < -0.4 is 5.32 Å². The number of morpholine rings is 1. The van der Waals surface area contributed by atoms with E-state index in [0.717, 1.165) is 6.54 Å². The van der Waals surface area contributed by atoms with Gasteiger partial charge in [0.25, 0.3) is 11.8 Å². The summed E-state index contributed by atoms with van der Waals surface area (Å²) in [6.45, 7) is 3.68. The van der Waals surface area contributed by atoms with Crippen molar-refractivity contribution in [1.82, 2.24) is 15.1 Å². The first-order chi connectivity index (χ1) is 10.6. The third-order valence-corrected chi connectivity index (χ3v) is 3.51. The van der Waals surface area contributed by atoms with Gasteiger partial charge in [-0.1, -0.05) is 6.07 Å². The van der Waals surface area contributed by atoms with E-state index >= 15 is 0 Å². The Hall–Kier alpha value is -1.92. The number of hydrogen-bond donors (Lipinski definition) is 1. The summed E-state index contributed by atoms with van der Waals surface area (Å²) < 4.78 is 5.25. The van der Waals surface area contributed by atoms with Crippen LogP contribution in [0.5, 0.6) is 0 Å². The lowest BCUT2D eigenvalue weighted by molar-refractivity contribution is 0.0303. The first kappa shape index (κ1) is 16.5. The second kappa shape index (κ2) is 7.91. The maximum Gasteiger partial charge on any atom is 0.254 e. The molecule has 120 valence electrons. The van der Waals surface area contributed by atoms with Crippen molar-refractivity contribution in [2.75, 3.05) is 53.5 Å². The van der Waals surface area contributed by atoms with Gasteiger partial charge in [-0.3, -0.25) is 9.59 Å². The molecule has 0 spiro atoms. The van der Waals surface area contributed by atoms with Crippen molar-refractivity contribution in [2.45, 2.75) is 0 Å². The van der Waals surface area contributed by atoms with Crippen LogP contribution in [-0.2, 0) is 4.74 Å². The van der Waals surface area contributed by atoms with E-state index < -0.39 is 0 Å². The summed E-state index contributed by atoms with van der Waals surface area (Å²) in [5.41, 5.74) is 1.06. The summed E-state index contributed by atoms with van der Waals surface area (Å²) in [7, 11) is 3.90. The van der Waals surface area contributed by atoms with Gasteiger partial charge < -0.3 is 19.9 Å². The Kier molecular flexibility index (Phi) is 5.91. The smallest absolute Gasteiger partial charge is 0.254 e. The minimum Gasteiger partial charge on any atom is -0.378 e. The minimum absolute atomic E-state index is 0.0498. The van der Waals surface area contributed by atoms with E-state index in [0.29, 0.717) is 44.0 Å². The topological polar surface area (TPSA) is 61.9 Å². The highest BCUT2D eigenvalue weighted by atomic mass is 16.5. The molecule has 1 aliphatic heterocycles. The van der Waals surface area contributed by atoms with E-state index in [-0.39, 0.29) is 11.8 Å². The number of amides is 2. The van der Waals surface area contributed by atoms with Crippen molar-refractivity contribution >= 4 is 11.8 Å². The van der Waals surface area contributed by atoms with E-state index in [1.807, 2.05) is 19.0 Å². The lowest BCUT2D eigenvalue weighted by atomic mass is 10.1. The fourth-order valence-electron chi connectivity index (χ4n) is 2.24. The summed E-state index contributed by atoms with van der Waals surface area (Å²) in [4.78, 5) is 28.3. The molecule has 2 rings (SSSR count). The Labute approximate surface area is 131 Å². The van der Waals surface area contributed by atoms with E-state index in [1.165, 1.54) is 0 Å². The molecule has 0 saturated carbocycles. The minimum atomic E-state index is -0.154. The second-order valence-electron chi connectivity index (χ2n) is 5.54. The molecule has 1 heterocycles. The van der Waals surface area contributed by atoms with Crippen molar-refractivity contribution in [3.8, 4) is 0 Å². The average Bonchev–Trinajstić information content (AvgIpc) is 2.54. The van der Waals surface area contributed by atoms with Crippen LogP contribution in [0.25, 0.3) is 0 Å². The molecule has 0 atom stereocenters. The van der Waals surface area contributed by atoms with E-state index in [2.05, 4.69) is 5.32 Å². The molecule has 2 amide bonds. The van der Waals surface area contributed by atoms with Gasteiger partial charge in [-0.05, 0) is 32.3 Å². The number of hydrogen-bond acceptors (Lipinski definition) is 4. The number of carbonyl (C=O) groups excluding carboxylic acids is 2. The number of nitrogens with zero attached hydrogens (tertiary/aromatic N) is 2. The average molecular weight is 305 g/mol. The van der Waals surface area contributed by atoms with E-state index in [1.54, 1.807) is 29.2 Å². The van der Waals surface area contributed by atoms with Crippen LogP contribution >= 0.6 is 0 Å². The zero-order valence-corrected chi connectivity index (χ0v) is 13.2. The summed E-state index contributed by atoms with van der Waals surface area (Å²) >= 11 is 0. The predicted molar refractivity (Wildman–Crippen MR) is 84.1 cm³/mol. The molecule has 0 aliphatic carbocycles. The third kappa shape index (κ3) is 4.54. The molecule has 0 unspecified atom stereocenters. The summed E-state index contributed by atoms with van der Waals surface area (Å²) in [5.74, 6) is -0.204. The van der Waals surface area contributed by atoms with Crippen molar-refractivity contribution in [3.63, 3.8) is 0 Å². The Balaban J connectivity index is 1.99. The highest BCUT2D eigenvalue weighted by Crippen LogP contribution is 2.10. The first-order valence-electron chi connectivity index (χ1n) is 7.48. The quantitative estimate of drug-likeness (QED) is 0.858. The lowest BCUT2D eigenvalue weighted by Crippen LogP contribution is -2.40. The SMILES string of the molecule is CN(C)CCNC(=O)c1cccc(C(=O)N2CCOCC2)c1. The monoisotopic (exact) mass is 305 g/mol. The molecule has 22 heavy (non-hydrogen) atoms. The van der Waals surface area contributed by atoms with Gasteiger partial charge in [0.2, 0.25) is 0 Å². The molecule has 0 aromatic heterocycles.